The van der Waals surface area contributed by atoms with E-state index in [1.54, 1.807) is 0 Å². The van der Waals surface area contributed by atoms with Crippen molar-refractivity contribution in [2.75, 3.05) is 0 Å². The highest BCUT2D eigenvalue weighted by Crippen LogP contribution is 2.23. The number of nitrogens with zero attached hydrogens (tertiary/aromatic N) is 1. The Morgan fingerprint density at radius 2 is 1.87 bits per heavy atom. The maximum Gasteiger partial charge on any atom is 0.168 e. The Balaban J connectivity index is 2.54. The van der Waals surface area contributed by atoms with E-state index in [0.29, 0.717) is 0 Å². The Morgan fingerprint density at radius 3 is 2.53 bits per heavy atom. The summed E-state index contributed by atoms with van der Waals surface area (Å²) in [4.78, 5) is 3.79. The molecule has 1 aromatic carbocycles. The molecule has 0 fully saturated rings. The monoisotopic (exact) mass is 207 g/mol. The zero-order chi connectivity index (χ0) is 10.8. The molecular weight excluding hydrogens is 200 g/mol. The molecule has 0 atom stereocenters. The average Bonchev–Trinajstić information content (AvgIpc) is 2.24. The molecule has 0 radical (unpaired) electrons. The van der Waals surface area contributed by atoms with Crippen molar-refractivity contribution < 1.29 is 13.9 Å². The number of rotatable bonds is 1. The number of aromatic nitrogens is 1. The summed E-state index contributed by atoms with van der Waals surface area (Å²) in [5, 5.41) is 9.00. The van der Waals surface area contributed by atoms with Crippen LogP contribution in [0.3, 0.4) is 0 Å². The normalized spacial score (nSPS) is 10.3. The summed E-state index contributed by atoms with van der Waals surface area (Å²) in [5.41, 5.74) is 0.361. The van der Waals surface area contributed by atoms with Crippen LogP contribution in [0.15, 0.2) is 36.5 Å². The highest BCUT2D eigenvalue weighted by atomic mass is 19.2. The van der Waals surface area contributed by atoms with Gasteiger partial charge in [0.25, 0.3) is 0 Å². The van der Waals surface area contributed by atoms with Crippen molar-refractivity contribution in [3.63, 3.8) is 0 Å². The van der Waals surface area contributed by atoms with E-state index in [0.717, 1.165) is 6.07 Å². The molecule has 0 spiro atoms. The van der Waals surface area contributed by atoms with Crippen molar-refractivity contribution in [2.45, 2.75) is 0 Å². The van der Waals surface area contributed by atoms with E-state index in [2.05, 4.69) is 4.98 Å². The largest absolute Gasteiger partial charge is 0.506 e. The molecule has 0 aliphatic heterocycles. The van der Waals surface area contributed by atoms with E-state index in [1.807, 2.05) is 0 Å². The van der Waals surface area contributed by atoms with Gasteiger partial charge in [-0.1, -0.05) is 6.07 Å². The molecule has 0 saturated carbocycles. The lowest BCUT2D eigenvalue weighted by molar-refractivity contribution is 0.472. The summed E-state index contributed by atoms with van der Waals surface area (Å²) in [6.45, 7) is 0. The van der Waals surface area contributed by atoms with E-state index >= 15 is 0 Å². The van der Waals surface area contributed by atoms with Crippen molar-refractivity contribution >= 4 is 0 Å². The maximum atomic E-state index is 13.3. The third-order valence-electron chi connectivity index (χ3n) is 1.98. The number of hydrogen-bond donors (Lipinski definition) is 1. The van der Waals surface area contributed by atoms with E-state index in [9.17, 15) is 8.78 Å². The van der Waals surface area contributed by atoms with Crippen LogP contribution in [0.4, 0.5) is 8.78 Å². The first-order chi connectivity index (χ1) is 7.18. The average molecular weight is 207 g/mol. The topological polar surface area (TPSA) is 33.1 Å². The Hall–Kier alpha value is -1.97. The predicted octanol–water partition coefficient (Wildman–Crippen LogP) is 2.73. The first-order valence-electron chi connectivity index (χ1n) is 4.28. The summed E-state index contributed by atoms with van der Waals surface area (Å²) in [6.07, 6.45) is 1.18. The molecule has 0 aliphatic rings. The summed E-state index contributed by atoms with van der Waals surface area (Å²) in [5.74, 6) is -1.87. The summed E-state index contributed by atoms with van der Waals surface area (Å²) in [7, 11) is 0. The number of pyridine rings is 1. The second kappa shape index (κ2) is 3.65. The van der Waals surface area contributed by atoms with Crippen LogP contribution in [-0.4, -0.2) is 10.1 Å². The standard InChI is InChI=1S/C11H7F2NO/c12-9-3-1-2-8(11(9)13)10-5-4-7(15)6-14-10/h1-6,15H. The fourth-order valence-corrected chi connectivity index (χ4v) is 1.25. The van der Waals surface area contributed by atoms with Crippen molar-refractivity contribution in [1.82, 2.24) is 4.98 Å². The van der Waals surface area contributed by atoms with Crippen LogP contribution in [0, 0.1) is 11.6 Å². The minimum absolute atomic E-state index is 0.0180. The lowest BCUT2D eigenvalue weighted by atomic mass is 10.1. The minimum Gasteiger partial charge on any atom is -0.506 e. The third-order valence-corrected chi connectivity index (χ3v) is 1.98. The predicted molar refractivity (Wildman–Crippen MR) is 51.3 cm³/mol. The van der Waals surface area contributed by atoms with Gasteiger partial charge in [0.1, 0.15) is 5.75 Å². The van der Waals surface area contributed by atoms with Gasteiger partial charge in [-0.2, -0.15) is 0 Å². The fraction of sp³-hybridized carbons (Fsp3) is 0. The van der Waals surface area contributed by atoms with E-state index in [1.165, 1.54) is 30.5 Å². The van der Waals surface area contributed by atoms with Crippen LogP contribution in [0.2, 0.25) is 0 Å². The van der Waals surface area contributed by atoms with Crippen molar-refractivity contribution in [3.05, 3.63) is 48.2 Å². The summed E-state index contributed by atoms with van der Waals surface area (Å²) >= 11 is 0. The SMILES string of the molecule is Oc1ccc(-c2cccc(F)c2F)nc1. The Labute approximate surface area is 84.8 Å². The van der Waals surface area contributed by atoms with E-state index in [4.69, 9.17) is 5.11 Å². The van der Waals surface area contributed by atoms with Crippen LogP contribution in [0.5, 0.6) is 5.75 Å². The number of aromatic hydroxyl groups is 1. The smallest absolute Gasteiger partial charge is 0.168 e. The van der Waals surface area contributed by atoms with Gasteiger partial charge < -0.3 is 5.11 Å². The highest BCUT2D eigenvalue weighted by molar-refractivity contribution is 5.60. The van der Waals surface area contributed by atoms with Crippen LogP contribution in [0.25, 0.3) is 11.3 Å². The van der Waals surface area contributed by atoms with Gasteiger partial charge in [-0.3, -0.25) is 4.98 Å². The number of hydrogen-bond acceptors (Lipinski definition) is 2. The number of halogens is 2. The van der Waals surface area contributed by atoms with Crippen molar-refractivity contribution in [3.8, 4) is 17.0 Å². The molecule has 2 nitrogen and oxygen atoms in total. The molecule has 0 amide bonds. The molecule has 2 rings (SSSR count). The van der Waals surface area contributed by atoms with Crippen LogP contribution in [-0.2, 0) is 0 Å². The van der Waals surface area contributed by atoms with Gasteiger partial charge in [0.15, 0.2) is 11.6 Å². The molecule has 0 unspecified atom stereocenters. The Morgan fingerprint density at radius 1 is 1.07 bits per heavy atom. The first kappa shape index (κ1) is 9.58. The number of benzene rings is 1. The molecular formula is C11H7F2NO. The lowest BCUT2D eigenvalue weighted by Crippen LogP contribution is -1.90. The Bertz CT molecular complexity index is 482. The molecule has 15 heavy (non-hydrogen) atoms. The fourth-order valence-electron chi connectivity index (χ4n) is 1.25. The second-order valence-corrected chi connectivity index (χ2v) is 3.00. The molecule has 2 aromatic rings. The molecule has 4 heteroatoms. The highest BCUT2D eigenvalue weighted by Gasteiger charge is 2.10. The zero-order valence-corrected chi connectivity index (χ0v) is 7.61. The van der Waals surface area contributed by atoms with Crippen LogP contribution < -0.4 is 0 Å². The Kier molecular flexibility index (Phi) is 2.33. The lowest BCUT2D eigenvalue weighted by Gasteiger charge is -2.02. The molecule has 76 valence electrons. The van der Waals surface area contributed by atoms with E-state index in [-0.39, 0.29) is 17.0 Å². The zero-order valence-electron chi connectivity index (χ0n) is 7.61. The summed E-state index contributed by atoms with van der Waals surface area (Å²) in [6, 6.07) is 6.67. The molecule has 1 aromatic heterocycles. The van der Waals surface area contributed by atoms with Gasteiger partial charge in [0, 0.05) is 5.56 Å². The first-order valence-corrected chi connectivity index (χ1v) is 4.28. The third kappa shape index (κ3) is 1.79. The van der Waals surface area contributed by atoms with E-state index < -0.39 is 11.6 Å². The van der Waals surface area contributed by atoms with Gasteiger partial charge >= 0.3 is 0 Å². The summed E-state index contributed by atoms with van der Waals surface area (Å²) < 4.78 is 26.2. The maximum absolute atomic E-state index is 13.3. The van der Waals surface area contributed by atoms with Gasteiger partial charge in [-0.15, -0.1) is 0 Å². The van der Waals surface area contributed by atoms with Gasteiger partial charge in [-0.05, 0) is 24.3 Å². The second-order valence-electron chi connectivity index (χ2n) is 3.00. The van der Waals surface area contributed by atoms with Crippen LogP contribution >= 0.6 is 0 Å². The minimum atomic E-state index is -0.935. The van der Waals surface area contributed by atoms with Gasteiger partial charge in [-0.25, -0.2) is 8.78 Å². The molecule has 1 heterocycles. The van der Waals surface area contributed by atoms with Gasteiger partial charge in [0.05, 0.1) is 11.9 Å². The van der Waals surface area contributed by atoms with Crippen LogP contribution in [0.1, 0.15) is 0 Å². The van der Waals surface area contributed by atoms with Crippen molar-refractivity contribution in [1.29, 1.82) is 0 Å². The molecule has 0 saturated heterocycles. The molecule has 1 N–H and O–H groups in total. The molecule has 0 bridgehead atoms. The van der Waals surface area contributed by atoms with Gasteiger partial charge in [0.2, 0.25) is 0 Å². The quantitative estimate of drug-likeness (QED) is 0.779. The molecule has 0 aliphatic carbocycles. The van der Waals surface area contributed by atoms with Crippen molar-refractivity contribution in [2.24, 2.45) is 0 Å².